The fourth-order valence-electron chi connectivity index (χ4n) is 0.745. The van der Waals surface area contributed by atoms with Crippen molar-refractivity contribution >= 4 is 9.84 Å². The minimum absolute atomic E-state index is 0.250. The first-order chi connectivity index (χ1) is 5.02. The maximum Gasteiger partial charge on any atom is 0.178 e. The van der Waals surface area contributed by atoms with Crippen molar-refractivity contribution in [2.75, 3.05) is 6.26 Å². The number of halogens is 1. The molecule has 0 saturated heterocycles. The van der Waals surface area contributed by atoms with E-state index in [9.17, 15) is 12.8 Å². The van der Waals surface area contributed by atoms with Crippen LogP contribution in [0.2, 0.25) is 0 Å². The first-order valence-electron chi connectivity index (χ1n) is 2.96. The van der Waals surface area contributed by atoms with Crippen molar-refractivity contribution in [3.63, 3.8) is 0 Å². The highest BCUT2D eigenvalue weighted by molar-refractivity contribution is 7.90. The van der Waals surface area contributed by atoms with E-state index in [2.05, 4.69) is 0 Å². The molecule has 0 heterocycles. The van der Waals surface area contributed by atoms with Gasteiger partial charge in [-0.05, 0) is 12.1 Å². The molecule has 0 radical (unpaired) electrons. The standard InChI is InChI=1S/C7H7FO2S/c1-11(9,10)7-5-3-2-4-6(7)8/h2-5H,1H3/i8-1. The van der Waals surface area contributed by atoms with Crippen LogP contribution in [0.25, 0.3) is 0 Å². The van der Waals surface area contributed by atoms with Gasteiger partial charge in [0.05, 0.1) is 0 Å². The van der Waals surface area contributed by atoms with Gasteiger partial charge >= 0.3 is 0 Å². The Morgan fingerprint density at radius 3 is 2.18 bits per heavy atom. The van der Waals surface area contributed by atoms with Crippen molar-refractivity contribution < 1.29 is 12.8 Å². The fraction of sp³-hybridized carbons (Fsp3) is 0.143. The van der Waals surface area contributed by atoms with E-state index in [0.29, 0.717) is 0 Å². The Bertz CT molecular complexity index is 356. The second-order valence-electron chi connectivity index (χ2n) is 2.20. The van der Waals surface area contributed by atoms with E-state index in [1.165, 1.54) is 18.2 Å². The van der Waals surface area contributed by atoms with Crippen LogP contribution in [0, 0.1) is 5.82 Å². The third-order valence-corrected chi connectivity index (χ3v) is 2.37. The number of hydrogen-bond acceptors (Lipinski definition) is 2. The molecule has 1 rings (SSSR count). The summed E-state index contributed by atoms with van der Waals surface area (Å²) in [6.07, 6.45) is 0.978. The minimum Gasteiger partial charge on any atom is -0.224 e. The van der Waals surface area contributed by atoms with E-state index in [-0.39, 0.29) is 4.90 Å². The summed E-state index contributed by atoms with van der Waals surface area (Å²) in [5.41, 5.74) is 0. The zero-order valence-electron chi connectivity index (χ0n) is 5.91. The van der Waals surface area contributed by atoms with Gasteiger partial charge in [0.25, 0.3) is 0 Å². The highest BCUT2D eigenvalue weighted by Crippen LogP contribution is 2.12. The zero-order valence-corrected chi connectivity index (χ0v) is 6.73. The van der Waals surface area contributed by atoms with Crippen LogP contribution in [0.5, 0.6) is 0 Å². The van der Waals surface area contributed by atoms with E-state index in [1.807, 2.05) is 0 Å². The largest absolute Gasteiger partial charge is 0.224 e. The molecule has 2 nitrogen and oxygen atoms in total. The van der Waals surface area contributed by atoms with Gasteiger partial charge in [-0.25, -0.2) is 12.8 Å². The Morgan fingerprint density at radius 2 is 1.82 bits per heavy atom. The topological polar surface area (TPSA) is 34.1 Å². The lowest BCUT2D eigenvalue weighted by molar-refractivity contribution is 0.571. The van der Waals surface area contributed by atoms with Gasteiger partial charge in [-0.3, -0.25) is 0 Å². The summed E-state index contributed by atoms with van der Waals surface area (Å²) >= 11 is 0. The molecule has 0 aromatic heterocycles. The third-order valence-electron chi connectivity index (χ3n) is 1.24. The molecule has 0 aliphatic rings. The van der Waals surface area contributed by atoms with Crippen molar-refractivity contribution in [1.82, 2.24) is 0 Å². The predicted octanol–water partition coefficient (Wildman–Crippen LogP) is 1.23. The van der Waals surface area contributed by atoms with E-state index in [1.54, 1.807) is 0 Å². The Morgan fingerprint density at radius 1 is 1.27 bits per heavy atom. The number of hydrogen-bond donors (Lipinski definition) is 0. The number of sulfone groups is 1. The molecule has 0 bridgehead atoms. The van der Waals surface area contributed by atoms with Crippen LogP contribution in [0.3, 0.4) is 0 Å². The minimum atomic E-state index is -3.41. The van der Waals surface area contributed by atoms with Gasteiger partial charge in [-0.15, -0.1) is 0 Å². The van der Waals surface area contributed by atoms with Gasteiger partial charge in [0.15, 0.2) is 9.84 Å². The summed E-state index contributed by atoms with van der Waals surface area (Å²) in [6.45, 7) is 0. The van der Waals surface area contributed by atoms with Crippen LogP contribution in [0.4, 0.5) is 4.39 Å². The van der Waals surface area contributed by atoms with Gasteiger partial charge in [-0.2, -0.15) is 0 Å². The first-order valence-corrected chi connectivity index (χ1v) is 4.85. The van der Waals surface area contributed by atoms with Crippen molar-refractivity contribution in [3.05, 3.63) is 30.1 Å². The van der Waals surface area contributed by atoms with Gasteiger partial charge in [-0.1, -0.05) is 12.1 Å². The Kier molecular flexibility index (Phi) is 1.95. The molecule has 0 aliphatic heterocycles. The molecule has 0 aliphatic carbocycles. The molecular formula is C7H7FO2S. The second kappa shape index (κ2) is 2.62. The summed E-state index contributed by atoms with van der Waals surface area (Å²) in [7, 11) is -3.41. The lowest BCUT2D eigenvalue weighted by Crippen LogP contribution is -1.99. The highest BCUT2D eigenvalue weighted by atomic mass is 32.2. The van der Waals surface area contributed by atoms with Crippen molar-refractivity contribution in [3.8, 4) is 0 Å². The number of benzene rings is 1. The van der Waals surface area contributed by atoms with E-state index < -0.39 is 15.7 Å². The zero-order chi connectivity index (χ0) is 8.48. The predicted molar refractivity (Wildman–Crippen MR) is 39.5 cm³/mol. The third kappa shape index (κ3) is 1.77. The van der Waals surface area contributed by atoms with Crippen LogP contribution in [0.15, 0.2) is 29.2 Å². The van der Waals surface area contributed by atoms with E-state index >= 15 is 0 Å². The summed E-state index contributed by atoms with van der Waals surface area (Å²) < 4.78 is 34.3. The van der Waals surface area contributed by atoms with E-state index in [4.69, 9.17) is 0 Å². The van der Waals surface area contributed by atoms with Crippen molar-refractivity contribution in [2.45, 2.75) is 4.90 Å². The van der Waals surface area contributed by atoms with Gasteiger partial charge in [0, 0.05) is 6.26 Å². The second-order valence-corrected chi connectivity index (χ2v) is 4.19. The average molecular weight is 173 g/mol. The van der Waals surface area contributed by atoms with Gasteiger partial charge < -0.3 is 0 Å². The molecule has 0 spiro atoms. The maximum absolute atomic E-state index is 12.7. The van der Waals surface area contributed by atoms with Crippen LogP contribution >= 0.6 is 0 Å². The normalized spacial score (nSPS) is 11.5. The Labute approximate surface area is 64.6 Å². The Balaban J connectivity index is 3.37. The molecule has 0 amide bonds. The molecule has 1 aromatic rings. The van der Waals surface area contributed by atoms with E-state index in [0.717, 1.165) is 12.3 Å². The van der Waals surface area contributed by atoms with Gasteiger partial charge in [0.2, 0.25) is 0 Å². The van der Waals surface area contributed by atoms with Crippen LogP contribution < -0.4 is 0 Å². The van der Waals surface area contributed by atoms with Crippen molar-refractivity contribution in [1.29, 1.82) is 0 Å². The van der Waals surface area contributed by atoms with Crippen LogP contribution in [-0.4, -0.2) is 14.7 Å². The molecule has 1 aromatic carbocycles. The monoisotopic (exact) mass is 173 g/mol. The number of rotatable bonds is 1. The summed E-state index contributed by atoms with van der Waals surface area (Å²) in [4.78, 5) is -0.250. The fourth-order valence-corrected chi connectivity index (χ4v) is 1.49. The first kappa shape index (κ1) is 8.20. The maximum atomic E-state index is 12.7. The summed E-state index contributed by atoms with van der Waals surface area (Å²) in [6, 6.07) is 5.30. The van der Waals surface area contributed by atoms with Crippen LogP contribution in [0.1, 0.15) is 0 Å². The lowest BCUT2D eigenvalue weighted by Gasteiger charge is -1.97. The molecule has 0 atom stereocenters. The molecule has 0 N–H and O–H groups in total. The lowest BCUT2D eigenvalue weighted by atomic mass is 10.3. The molecule has 0 saturated carbocycles. The Hall–Kier alpha value is -0.900. The molecule has 0 fully saturated rings. The molecule has 11 heavy (non-hydrogen) atoms. The van der Waals surface area contributed by atoms with Gasteiger partial charge in [0.1, 0.15) is 10.7 Å². The SMILES string of the molecule is CS(=O)(=O)c1ccccc1[18F]. The molecule has 4 heteroatoms. The average Bonchev–Trinajstić information content (AvgIpc) is 1.86. The summed E-state index contributed by atoms with van der Waals surface area (Å²) in [5, 5.41) is 0. The quantitative estimate of drug-likeness (QED) is 0.640. The molecule has 0 unspecified atom stereocenters. The van der Waals surface area contributed by atoms with Crippen molar-refractivity contribution in [2.24, 2.45) is 0 Å². The summed E-state index contributed by atoms with van der Waals surface area (Å²) in [5.74, 6) is -0.699. The smallest absolute Gasteiger partial charge is 0.178 e. The molecule has 60 valence electrons. The van der Waals surface area contributed by atoms with Crippen LogP contribution in [-0.2, 0) is 9.84 Å². The highest BCUT2D eigenvalue weighted by Gasteiger charge is 2.10. The molecular weight excluding hydrogens is 166 g/mol.